The Morgan fingerprint density at radius 1 is 1.57 bits per heavy atom. The van der Waals surface area contributed by atoms with E-state index in [1.54, 1.807) is 0 Å². The summed E-state index contributed by atoms with van der Waals surface area (Å²) in [5.74, 6) is 0. The predicted molar refractivity (Wildman–Crippen MR) is 22.4 cm³/mol. The van der Waals surface area contributed by atoms with Gasteiger partial charge in [-0.1, -0.05) is 6.92 Å². The summed E-state index contributed by atoms with van der Waals surface area (Å²) in [6, 6.07) is 0. The molecule has 1 N–H and O–H groups in total. The number of aliphatic hydroxyl groups excluding tert-OH is 1. The van der Waals surface area contributed by atoms with Gasteiger partial charge in [-0.2, -0.15) is 9.59 Å². The van der Waals surface area contributed by atoms with E-state index in [2.05, 4.69) is 0 Å². The van der Waals surface area contributed by atoms with E-state index >= 15 is 0 Å². The zero-order valence-corrected chi connectivity index (χ0v) is 4.18. The van der Waals surface area contributed by atoms with Crippen molar-refractivity contribution in [2.24, 2.45) is 0 Å². The minimum atomic E-state index is 0.250. The van der Waals surface area contributed by atoms with Crippen LogP contribution in [-0.4, -0.2) is 17.9 Å². The maximum Gasteiger partial charge on any atom is 0.373 e. The van der Waals surface area contributed by atoms with Gasteiger partial charge in [-0.25, -0.2) is 0 Å². The van der Waals surface area contributed by atoms with Crippen molar-refractivity contribution >= 4 is 6.15 Å². The van der Waals surface area contributed by atoms with Gasteiger partial charge in [0.25, 0.3) is 0 Å². The van der Waals surface area contributed by atoms with E-state index in [1.807, 2.05) is 6.92 Å². The second-order valence-electron chi connectivity index (χ2n) is 0.807. The first-order valence-corrected chi connectivity index (χ1v) is 1.93. The lowest BCUT2D eigenvalue weighted by atomic mass is 10.5. The van der Waals surface area contributed by atoms with Crippen molar-refractivity contribution < 1.29 is 14.7 Å². The third kappa shape index (κ3) is 515. The number of rotatable bonds is 1. The van der Waals surface area contributed by atoms with Crippen LogP contribution in [0.15, 0.2) is 0 Å². The van der Waals surface area contributed by atoms with Gasteiger partial charge in [0.05, 0.1) is 0 Å². The Hall–Kier alpha value is -0.660. The van der Waals surface area contributed by atoms with Crippen LogP contribution in [-0.2, 0) is 9.59 Å². The molecule has 0 aliphatic heterocycles. The third-order valence-electron chi connectivity index (χ3n) is 0.224. The third-order valence-corrected chi connectivity index (χ3v) is 0.224. The second kappa shape index (κ2) is 18.4. The average molecular weight is 104 g/mol. The van der Waals surface area contributed by atoms with Gasteiger partial charge in [0, 0.05) is 6.61 Å². The molecule has 3 heteroatoms. The van der Waals surface area contributed by atoms with Gasteiger partial charge in [0.15, 0.2) is 0 Å². The highest BCUT2D eigenvalue weighted by atomic mass is 16.3. The topological polar surface area (TPSA) is 54.4 Å². The second-order valence-corrected chi connectivity index (χ2v) is 0.807. The highest BCUT2D eigenvalue weighted by molar-refractivity contribution is 5.20. The van der Waals surface area contributed by atoms with Crippen molar-refractivity contribution in [3.8, 4) is 0 Å². The van der Waals surface area contributed by atoms with Gasteiger partial charge in [-0.3, -0.25) is 0 Å². The quantitative estimate of drug-likeness (QED) is 0.501. The van der Waals surface area contributed by atoms with Crippen LogP contribution in [0.3, 0.4) is 0 Å². The molecule has 0 rings (SSSR count). The first kappa shape index (κ1) is 9.60. The molecular formula is C4H8O3. The van der Waals surface area contributed by atoms with Crippen molar-refractivity contribution in [2.45, 2.75) is 13.3 Å². The zero-order valence-electron chi connectivity index (χ0n) is 4.18. The smallest absolute Gasteiger partial charge is 0.373 e. The van der Waals surface area contributed by atoms with E-state index in [4.69, 9.17) is 14.7 Å². The lowest BCUT2D eigenvalue weighted by Crippen LogP contribution is -1.69. The fraction of sp³-hybridized carbons (Fsp3) is 0.750. The fourth-order valence-corrected chi connectivity index (χ4v) is 0. The molecule has 0 saturated heterocycles. The fourth-order valence-electron chi connectivity index (χ4n) is 0. The summed E-state index contributed by atoms with van der Waals surface area (Å²) >= 11 is 0. The first-order chi connectivity index (χ1) is 3.33. The Bertz CT molecular complexity index is 42.9. The standard InChI is InChI=1S/C3H8O.CO2/c1-2-3-4;2-1-3/h4H,2-3H2,1H3;. The molecule has 0 aromatic carbocycles. The Morgan fingerprint density at radius 3 is 1.71 bits per heavy atom. The van der Waals surface area contributed by atoms with E-state index in [9.17, 15) is 0 Å². The van der Waals surface area contributed by atoms with Crippen LogP contribution in [0.2, 0.25) is 0 Å². The zero-order chi connectivity index (χ0) is 6.12. The normalized spacial score (nSPS) is 5.43. The SMILES string of the molecule is CCCO.O=C=O. The van der Waals surface area contributed by atoms with Gasteiger partial charge in [-0.15, -0.1) is 0 Å². The maximum absolute atomic E-state index is 8.12. The molecule has 0 bridgehead atoms. The summed E-state index contributed by atoms with van der Waals surface area (Å²) < 4.78 is 0. The Balaban J connectivity index is 0. The monoisotopic (exact) mass is 104 g/mol. The predicted octanol–water partition coefficient (Wildman–Crippen LogP) is -0.195. The Labute approximate surface area is 42.0 Å². The van der Waals surface area contributed by atoms with E-state index in [0.717, 1.165) is 6.42 Å². The van der Waals surface area contributed by atoms with Crippen LogP contribution < -0.4 is 0 Å². The van der Waals surface area contributed by atoms with E-state index in [-0.39, 0.29) is 6.15 Å². The van der Waals surface area contributed by atoms with Crippen LogP contribution in [0.25, 0.3) is 0 Å². The summed E-state index contributed by atoms with van der Waals surface area (Å²) in [5.41, 5.74) is 0. The molecule has 0 aromatic rings. The number of aliphatic hydroxyl groups is 1. The number of hydrogen-bond donors (Lipinski definition) is 1. The molecule has 0 atom stereocenters. The summed E-state index contributed by atoms with van der Waals surface area (Å²) in [7, 11) is 0. The molecule has 0 aliphatic rings. The van der Waals surface area contributed by atoms with Gasteiger partial charge >= 0.3 is 6.15 Å². The van der Waals surface area contributed by atoms with E-state index < -0.39 is 0 Å². The molecular weight excluding hydrogens is 96.0 g/mol. The van der Waals surface area contributed by atoms with E-state index in [1.165, 1.54) is 0 Å². The van der Waals surface area contributed by atoms with Crippen molar-refractivity contribution in [3.05, 3.63) is 0 Å². The highest BCUT2D eigenvalue weighted by Gasteiger charge is 1.57. The van der Waals surface area contributed by atoms with Crippen LogP contribution in [0, 0.1) is 0 Å². The van der Waals surface area contributed by atoms with Crippen molar-refractivity contribution in [1.82, 2.24) is 0 Å². The summed E-state index contributed by atoms with van der Waals surface area (Å²) in [6.45, 7) is 2.25. The number of carbonyl (C=O) groups excluding carboxylic acids is 2. The lowest BCUT2D eigenvalue weighted by Gasteiger charge is -1.69. The van der Waals surface area contributed by atoms with E-state index in [0.29, 0.717) is 6.61 Å². The van der Waals surface area contributed by atoms with Gasteiger partial charge in [0.2, 0.25) is 0 Å². The molecule has 0 aromatic heterocycles. The van der Waals surface area contributed by atoms with Crippen LogP contribution in [0.4, 0.5) is 0 Å². The average Bonchev–Trinajstić information content (AvgIpc) is 1.69. The molecule has 0 aliphatic carbocycles. The van der Waals surface area contributed by atoms with Crippen LogP contribution >= 0.6 is 0 Å². The maximum atomic E-state index is 8.12. The van der Waals surface area contributed by atoms with Crippen molar-refractivity contribution in [1.29, 1.82) is 0 Å². The van der Waals surface area contributed by atoms with Crippen LogP contribution in [0.5, 0.6) is 0 Å². The minimum Gasteiger partial charge on any atom is -0.396 e. The molecule has 0 fully saturated rings. The molecule has 42 valence electrons. The molecule has 0 radical (unpaired) electrons. The first-order valence-electron chi connectivity index (χ1n) is 1.93. The minimum absolute atomic E-state index is 0.250. The summed E-state index contributed by atoms with van der Waals surface area (Å²) in [6.07, 6.45) is 1.12. The van der Waals surface area contributed by atoms with Crippen LogP contribution in [0.1, 0.15) is 13.3 Å². The molecule has 0 saturated carbocycles. The molecule has 3 nitrogen and oxygen atoms in total. The largest absolute Gasteiger partial charge is 0.396 e. The lowest BCUT2D eigenvalue weighted by molar-refractivity contribution is -0.191. The van der Waals surface area contributed by atoms with Gasteiger partial charge < -0.3 is 5.11 Å². The molecule has 0 spiro atoms. The van der Waals surface area contributed by atoms with Gasteiger partial charge in [0.1, 0.15) is 0 Å². The van der Waals surface area contributed by atoms with Crippen molar-refractivity contribution in [2.75, 3.05) is 6.61 Å². The Kier molecular flexibility index (Phi) is 25.2. The highest BCUT2D eigenvalue weighted by Crippen LogP contribution is 1.61. The molecule has 0 unspecified atom stereocenters. The molecule has 0 heterocycles. The van der Waals surface area contributed by atoms with Crippen molar-refractivity contribution in [3.63, 3.8) is 0 Å². The molecule has 7 heavy (non-hydrogen) atoms. The molecule has 0 amide bonds. The Morgan fingerprint density at radius 2 is 1.71 bits per heavy atom. The van der Waals surface area contributed by atoms with Gasteiger partial charge in [-0.05, 0) is 6.42 Å². The summed E-state index contributed by atoms with van der Waals surface area (Å²) in [5, 5.41) is 7.88. The number of hydrogen-bond acceptors (Lipinski definition) is 3. The summed E-state index contributed by atoms with van der Waals surface area (Å²) in [4.78, 5) is 16.2.